The zero-order valence-corrected chi connectivity index (χ0v) is 14.5. The number of benzene rings is 1. The van der Waals surface area contributed by atoms with Gasteiger partial charge in [-0.2, -0.15) is 0 Å². The molecule has 1 amide bonds. The van der Waals surface area contributed by atoms with Crippen LogP contribution in [0.25, 0.3) is 0 Å². The van der Waals surface area contributed by atoms with Gasteiger partial charge in [-0.25, -0.2) is 4.39 Å². The van der Waals surface area contributed by atoms with E-state index in [2.05, 4.69) is 10.2 Å². The molecule has 0 bridgehead atoms. The predicted octanol–water partition coefficient (Wildman–Crippen LogP) is 2.98. The molecule has 1 aliphatic heterocycles. The summed E-state index contributed by atoms with van der Waals surface area (Å²) in [4.78, 5) is 24.8. The van der Waals surface area contributed by atoms with Crippen molar-refractivity contribution in [1.29, 1.82) is 0 Å². The van der Waals surface area contributed by atoms with E-state index >= 15 is 0 Å². The number of carboxylic acids is 1. The average Bonchev–Trinajstić information content (AvgIpc) is 2.92. The van der Waals surface area contributed by atoms with E-state index < -0.39 is 11.8 Å². The predicted molar refractivity (Wildman–Crippen MR) is 89.4 cm³/mol. The maximum Gasteiger partial charge on any atom is 0.303 e. The van der Waals surface area contributed by atoms with Crippen LogP contribution in [0.15, 0.2) is 18.2 Å². The first kappa shape index (κ1) is 18.7. The molecule has 1 aliphatic rings. The Morgan fingerprint density at radius 2 is 2.12 bits per heavy atom. The number of carbonyl (C=O) groups is 2. The fraction of sp³-hybridized carbons (Fsp3) is 0.529. The summed E-state index contributed by atoms with van der Waals surface area (Å²) < 4.78 is 13.9. The summed E-state index contributed by atoms with van der Waals surface area (Å²) in [6.07, 6.45) is 0.466. The zero-order valence-electron chi connectivity index (χ0n) is 13.8. The minimum Gasteiger partial charge on any atom is -0.481 e. The summed E-state index contributed by atoms with van der Waals surface area (Å²) in [6.45, 7) is 4.87. The number of aliphatic carboxylic acids is 1. The van der Waals surface area contributed by atoms with Crippen molar-refractivity contribution < 1.29 is 19.1 Å². The number of amides is 1. The molecule has 7 heteroatoms. The highest BCUT2D eigenvalue weighted by molar-refractivity contribution is 6.30. The Kier molecular flexibility index (Phi) is 6.18. The number of carbonyl (C=O) groups excluding carboxylic acids is 1. The molecule has 132 valence electrons. The van der Waals surface area contributed by atoms with Crippen LogP contribution in [0.2, 0.25) is 5.02 Å². The maximum atomic E-state index is 13.9. The average molecular weight is 357 g/mol. The Morgan fingerprint density at radius 3 is 2.71 bits per heavy atom. The lowest BCUT2D eigenvalue weighted by Gasteiger charge is -2.32. The third-order valence-corrected chi connectivity index (χ3v) is 4.60. The number of rotatable bonds is 6. The van der Waals surface area contributed by atoms with Crippen LogP contribution in [-0.2, 0) is 9.59 Å². The van der Waals surface area contributed by atoms with Crippen LogP contribution in [0.3, 0.4) is 0 Å². The van der Waals surface area contributed by atoms with Crippen molar-refractivity contribution >= 4 is 23.5 Å². The van der Waals surface area contributed by atoms with Crippen LogP contribution < -0.4 is 5.32 Å². The molecule has 1 saturated heterocycles. The molecule has 2 atom stereocenters. The fourth-order valence-electron chi connectivity index (χ4n) is 3.17. The van der Waals surface area contributed by atoms with E-state index in [0.717, 1.165) is 18.5 Å². The molecule has 2 rings (SSSR count). The van der Waals surface area contributed by atoms with Crippen LogP contribution in [0.1, 0.15) is 44.7 Å². The molecule has 1 fully saturated rings. The van der Waals surface area contributed by atoms with Gasteiger partial charge < -0.3 is 10.4 Å². The molecule has 5 nitrogen and oxygen atoms in total. The van der Waals surface area contributed by atoms with Gasteiger partial charge in [0.15, 0.2) is 0 Å². The summed E-state index contributed by atoms with van der Waals surface area (Å²) in [5, 5.41) is 11.6. The normalized spacial score (nSPS) is 21.2. The Bertz CT molecular complexity index is 624. The van der Waals surface area contributed by atoms with Gasteiger partial charge >= 0.3 is 5.97 Å². The van der Waals surface area contributed by atoms with Crippen molar-refractivity contribution in [2.45, 2.75) is 51.2 Å². The molecule has 1 aromatic rings. The molecule has 1 aromatic carbocycles. The summed E-state index contributed by atoms with van der Waals surface area (Å²) in [5.41, 5.74) is 0.756. The van der Waals surface area contributed by atoms with E-state index in [1.807, 2.05) is 13.8 Å². The molecular weight excluding hydrogens is 335 g/mol. The van der Waals surface area contributed by atoms with E-state index in [1.165, 1.54) is 12.1 Å². The fourth-order valence-corrected chi connectivity index (χ4v) is 3.28. The van der Waals surface area contributed by atoms with Gasteiger partial charge in [-0.3, -0.25) is 14.5 Å². The van der Waals surface area contributed by atoms with Gasteiger partial charge in [0.05, 0.1) is 17.5 Å². The van der Waals surface area contributed by atoms with Gasteiger partial charge in [-0.05, 0) is 38.0 Å². The van der Waals surface area contributed by atoms with E-state index in [0.29, 0.717) is 0 Å². The van der Waals surface area contributed by atoms with Gasteiger partial charge in [0.1, 0.15) is 5.82 Å². The second-order valence-corrected chi connectivity index (χ2v) is 6.71. The highest BCUT2D eigenvalue weighted by Crippen LogP contribution is 2.35. The lowest BCUT2D eigenvalue weighted by molar-refractivity contribution is -0.139. The van der Waals surface area contributed by atoms with Crippen LogP contribution in [0.5, 0.6) is 0 Å². The molecule has 2 N–H and O–H groups in total. The van der Waals surface area contributed by atoms with E-state index in [9.17, 15) is 14.0 Å². The van der Waals surface area contributed by atoms with Crippen molar-refractivity contribution in [1.82, 2.24) is 10.2 Å². The van der Waals surface area contributed by atoms with Crippen molar-refractivity contribution in [3.63, 3.8) is 0 Å². The van der Waals surface area contributed by atoms with Gasteiger partial charge in [0.2, 0.25) is 5.91 Å². The molecule has 0 saturated carbocycles. The van der Waals surface area contributed by atoms with E-state index in [-0.39, 0.29) is 41.9 Å². The monoisotopic (exact) mass is 356 g/mol. The first-order valence-corrected chi connectivity index (χ1v) is 8.39. The van der Waals surface area contributed by atoms with Crippen molar-refractivity contribution in [3.8, 4) is 0 Å². The first-order valence-electron chi connectivity index (χ1n) is 8.01. The van der Waals surface area contributed by atoms with E-state index in [4.69, 9.17) is 16.7 Å². The standard InChI is InChI=1S/C17H22ClFN2O3/c1-10(2)21-8-7-14(20-15(22)5-6-16(23)24)17(21)11-3-4-12(18)13(19)9-11/h3-4,9-10,14,17H,5-8H2,1-2H3,(H,20,22)(H,23,24). The van der Waals surface area contributed by atoms with Gasteiger partial charge in [0, 0.05) is 25.0 Å². The Balaban J connectivity index is 2.18. The summed E-state index contributed by atoms with van der Waals surface area (Å²) in [5.74, 6) is -1.79. The topological polar surface area (TPSA) is 69.6 Å². The number of halogens is 2. The molecule has 0 spiro atoms. The van der Waals surface area contributed by atoms with Gasteiger partial charge in [-0.1, -0.05) is 17.7 Å². The number of likely N-dealkylation sites (tertiary alicyclic amines) is 1. The van der Waals surface area contributed by atoms with Crippen molar-refractivity contribution in [3.05, 3.63) is 34.6 Å². The van der Waals surface area contributed by atoms with Gasteiger partial charge in [-0.15, -0.1) is 0 Å². The van der Waals surface area contributed by atoms with Crippen LogP contribution >= 0.6 is 11.6 Å². The molecule has 2 unspecified atom stereocenters. The van der Waals surface area contributed by atoms with Crippen molar-refractivity contribution in [2.75, 3.05) is 6.54 Å². The Labute approximate surface area is 145 Å². The Morgan fingerprint density at radius 1 is 1.42 bits per heavy atom. The number of carboxylic acid groups (broad SMARTS) is 1. The minimum absolute atomic E-state index is 0.0603. The van der Waals surface area contributed by atoms with Crippen LogP contribution in [-0.4, -0.2) is 40.5 Å². The number of nitrogens with one attached hydrogen (secondary N) is 1. The van der Waals surface area contributed by atoms with Crippen LogP contribution in [0, 0.1) is 5.82 Å². The SMILES string of the molecule is CC(C)N1CCC(NC(=O)CCC(=O)O)C1c1ccc(Cl)c(F)c1. The molecule has 1 heterocycles. The highest BCUT2D eigenvalue weighted by Gasteiger charge is 2.37. The number of hydrogen-bond donors (Lipinski definition) is 2. The minimum atomic E-state index is -1.00. The third-order valence-electron chi connectivity index (χ3n) is 4.30. The quantitative estimate of drug-likeness (QED) is 0.822. The lowest BCUT2D eigenvalue weighted by atomic mass is 9.99. The summed E-state index contributed by atoms with van der Waals surface area (Å²) in [6, 6.07) is 4.58. The Hall–Kier alpha value is -1.66. The molecule has 0 radical (unpaired) electrons. The smallest absolute Gasteiger partial charge is 0.303 e. The zero-order chi connectivity index (χ0) is 17.9. The molecule has 24 heavy (non-hydrogen) atoms. The number of hydrogen-bond acceptors (Lipinski definition) is 3. The third kappa shape index (κ3) is 4.45. The van der Waals surface area contributed by atoms with Crippen molar-refractivity contribution in [2.24, 2.45) is 0 Å². The maximum absolute atomic E-state index is 13.9. The molecule has 0 aromatic heterocycles. The van der Waals surface area contributed by atoms with Crippen LogP contribution in [0.4, 0.5) is 4.39 Å². The molecule has 0 aliphatic carbocycles. The van der Waals surface area contributed by atoms with Gasteiger partial charge in [0.25, 0.3) is 0 Å². The van der Waals surface area contributed by atoms with E-state index in [1.54, 1.807) is 6.07 Å². The molecular formula is C17H22ClFN2O3. The highest BCUT2D eigenvalue weighted by atomic mass is 35.5. The summed E-state index contributed by atoms with van der Waals surface area (Å²) >= 11 is 5.76. The number of nitrogens with zero attached hydrogens (tertiary/aromatic N) is 1. The second kappa shape index (κ2) is 7.94. The second-order valence-electron chi connectivity index (χ2n) is 6.31. The largest absolute Gasteiger partial charge is 0.481 e. The summed E-state index contributed by atoms with van der Waals surface area (Å²) in [7, 11) is 0. The lowest BCUT2D eigenvalue weighted by Crippen LogP contribution is -2.41. The first-order chi connectivity index (χ1) is 11.3.